The molecule has 1 aromatic carbocycles. The van der Waals surface area contributed by atoms with Gasteiger partial charge in [0.1, 0.15) is 0 Å². The highest BCUT2D eigenvalue weighted by molar-refractivity contribution is 5.82. The Morgan fingerprint density at radius 2 is 1.95 bits per heavy atom. The van der Waals surface area contributed by atoms with Crippen LogP contribution in [0, 0.1) is 5.92 Å². The van der Waals surface area contributed by atoms with Crippen molar-refractivity contribution in [3.8, 4) is 0 Å². The van der Waals surface area contributed by atoms with Crippen molar-refractivity contribution in [2.24, 2.45) is 5.92 Å². The number of hydrogen-bond donors (Lipinski definition) is 2. The Hall–Kier alpha value is -1.32. The Labute approximate surface area is 122 Å². The lowest BCUT2D eigenvalue weighted by atomic mass is 10.0. The number of fused-ring (bicyclic) bond motifs is 1. The maximum absolute atomic E-state index is 3.72. The summed E-state index contributed by atoms with van der Waals surface area (Å²) in [5.74, 6) is 0.718. The predicted molar refractivity (Wildman–Crippen MR) is 86.9 cm³/mol. The fourth-order valence-corrected chi connectivity index (χ4v) is 2.76. The van der Waals surface area contributed by atoms with Crippen molar-refractivity contribution in [3.63, 3.8) is 0 Å². The van der Waals surface area contributed by atoms with Gasteiger partial charge in [-0.05, 0) is 38.1 Å². The lowest BCUT2D eigenvalue weighted by Gasteiger charge is -2.24. The van der Waals surface area contributed by atoms with E-state index in [1.807, 2.05) is 0 Å². The third-order valence-electron chi connectivity index (χ3n) is 3.60. The minimum absolute atomic E-state index is 0.540. The minimum Gasteiger partial charge on any atom is -0.361 e. The van der Waals surface area contributed by atoms with Crippen LogP contribution in [0.3, 0.4) is 0 Å². The van der Waals surface area contributed by atoms with E-state index in [-0.39, 0.29) is 0 Å². The highest BCUT2D eigenvalue weighted by Gasteiger charge is 2.12. The first-order chi connectivity index (χ1) is 9.56. The second-order valence-corrected chi connectivity index (χ2v) is 6.33. The molecule has 3 heteroatoms. The van der Waals surface area contributed by atoms with Crippen LogP contribution in [0.25, 0.3) is 10.9 Å². The second kappa shape index (κ2) is 6.91. The molecule has 110 valence electrons. The Morgan fingerprint density at radius 1 is 1.20 bits per heavy atom. The van der Waals surface area contributed by atoms with Gasteiger partial charge in [-0.1, -0.05) is 32.0 Å². The summed E-state index contributed by atoms with van der Waals surface area (Å²) in [6.07, 6.45) is 3.33. The van der Waals surface area contributed by atoms with Gasteiger partial charge in [0.25, 0.3) is 0 Å². The van der Waals surface area contributed by atoms with Crippen molar-refractivity contribution < 1.29 is 0 Å². The SMILES string of the molecule is CC(C)CC(CN(C)C)NCc1c[nH]c2ccccc12. The minimum atomic E-state index is 0.540. The number of aromatic nitrogens is 1. The molecule has 0 spiro atoms. The van der Waals surface area contributed by atoms with Crippen LogP contribution in [-0.2, 0) is 6.54 Å². The standard InChI is InChI=1S/C17H27N3/c1-13(2)9-15(12-20(3)4)18-10-14-11-19-17-8-6-5-7-16(14)17/h5-8,11,13,15,18-19H,9-10,12H2,1-4H3. The van der Waals surface area contributed by atoms with Crippen LogP contribution >= 0.6 is 0 Å². The van der Waals surface area contributed by atoms with Gasteiger partial charge in [-0.25, -0.2) is 0 Å². The summed E-state index contributed by atoms with van der Waals surface area (Å²) in [6.45, 7) is 6.59. The quantitative estimate of drug-likeness (QED) is 0.811. The number of aromatic amines is 1. The molecule has 1 heterocycles. The van der Waals surface area contributed by atoms with Crippen LogP contribution in [0.1, 0.15) is 25.8 Å². The number of hydrogen-bond acceptors (Lipinski definition) is 2. The second-order valence-electron chi connectivity index (χ2n) is 6.33. The first kappa shape index (κ1) is 15.1. The van der Waals surface area contributed by atoms with Gasteiger partial charge in [0.2, 0.25) is 0 Å². The molecule has 0 saturated carbocycles. The monoisotopic (exact) mass is 273 g/mol. The van der Waals surface area contributed by atoms with E-state index in [1.54, 1.807) is 0 Å². The van der Waals surface area contributed by atoms with E-state index in [0.29, 0.717) is 6.04 Å². The Morgan fingerprint density at radius 3 is 2.65 bits per heavy atom. The van der Waals surface area contributed by atoms with E-state index in [2.05, 4.69) is 73.6 Å². The zero-order chi connectivity index (χ0) is 14.5. The van der Waals surface area contributed by atoms with Crippen LogP contribution in [0.15, 0.2) is 30.5 Å². The zero-order valence-electron chi connectivity index (χ0n) is 13.1. The summed E-state index contributed by atoms with van der Waals surface area (Å²) in [6, 6.07) is 9.03. The summed E-state index contributed by atoms with van der Waals surface area (Å²) >= 11 is 0. The highest BCUT2D eigenvalue weighted by atomic mass is 15.1. The van der Waals surface area contributed by atoms with Crippen molar-refractivity contribution in [1.29, 1.82) is 0 Å². The van der Waals surface area contributed by atoms with Crippen molar-refractivity contribution in [2.75, 3.05) is 20.6 Å². The first-order valence-electron chi connectivity index (χ1n) is 7.49. The van der Waals surface area contributed by atoms with Gasteiger partial charge in [0.15, 0.2) is 0 Å². The van der Waals surface area contributed by atoms with E-state index in [9.17, 15) is 0 Å². The Bertz CT molecular complexity index is 518. The lowest BCUT2D eigenvalue weighted by molar-refractivity contribution is 0.305. The Kier molecular flexibility index (Phi) is 5.21. The largest absolute Gasteiger partial charge is 0.361 e. The summed E-state index contributed by atoms with van der Waals surface area (Å²) in [4.78, 5) is 5.60. The van der Waals surface area contributed by atoms with Gasteiger partial charge in [0, 0.05) is 36.2 Å². The lowest BCUT2D eigenvalue weighted by Crippen LogP contribution is -2.38. The fourth-order valence-electron chi connectivity index (χ4n) is 2.76. The van der Waals surface area contributed by atoms with Crippen LogP contribution < -0.4 is 5.32 Å². The topological polar surface area (TPSA) is 31.1 Å². The number of H-pyrrole nitrogens is 1. The zero-order valence-corrected chi connectivity index (χ0v) is 13.1. The molecule has 1 aromatic heterocycles. The molecule has 0 aliphatic rings. The van der Waals surface area contributed by atoms with Crippen molar-refractivity contribution in [2.45, 2.75) is 32.9 Å². The van der Waals surface area contributed by atoms with Crippen LogP contribution in [0.2, 0.25) is 0 Å². The van der Waals surface area contributed by atoms with Gasteiger partial charge < -0.3 is 15.2 Å². The van der Waals surface area contributed by atoms with E-state index >= 15 is 0 Å². The summed E-state index contributed by atoms with van der Waals surface area (Å²) in [5, 5.41) is 5.04. The molecule has 0 saturated heterocycles. The number of para-hydroxylation sites is 1. The van der Waals surface area contributed by atoms with Crippen molar-refractivity contribution in [3.05, 3.63) is 36.0 Å². The van der Waals surface area contributed by atoms with E-state index in [4.69, 9.17) is 0 Å². The molecular weight excluding hydrogens is 246 g/mol. The summed E-state index contributed by atoms with van der Waals surface area (Å²) in [7, 11) is 4.28. The third kappa shape index (κ3) is 4.09. The van der Waals surface area contributed by atoms with Crippen molar-refractivity contribution in [1.82, 2.24) is 15.2 Å². The van der Waals surface area contributed by atoms with Crippen molar-refractivity contribution >= 4 is 10.9 Å². The molecule has 0 aliphatic heterocycles. The van der Waals surface area contributed by atoms with Gasteiger partial charge in [-0.2, -0.15) is 0 Å². The van der Waals surface area contributed by atoms with Gasteiger partial charge in [-0.3, -0.25) is 0 Å². The smallest absolute Gasteiger partial charge is 0.0457 e. The number of nitrogens with one attached hydrogen (secondary N) is 2. The van der Waals surface area contributed by atoms with E-state index in [0.717, 1.165) is 19.0 Å². The highest BCUT2D eigenvalue weighted by Crippen LogP contribution is 2.18. The number of nitrogens with zero attached hydrogens (tertiary/aromatic N) is 1. The van der Waals surface area contributed by atoms with Crippen LogP contribution in [-0.4, -0.2) is 36.6 Å². The molecule has 0 fully saturated rings. The molecule has 0 radical (unpaired) electrons. The van der Waals surface area contributed by atoms with Gasteiger partial charge >= 0.3 is 0 Å². The van der Waals surface area contributed by atoms with Gasteiger partial charge in [0.05, 0.1) is 0 Å². The number of rotatable bonds is 7. The Balaban J connectivity index is 2.01. The average Bonchev–Trinajstić information content (AvgIpc) is 2.78. The fraction of sp³-hybridized carbons (Fsp3) is 0.529. The molecule has 1 atom stereocenters. The molecule has 3 nitrogen and oxygen atoms in total. The van der Waals surface area contributed by atoms with E-state index < -0.39 is 0 Å². The molecule has 0 amide bonds. The number of benzene rings is 1. The van der Waals surface area contributed by atoms with Crippen LogP contribution in [0.5, 0.6) is 0 Å². The third-order valence-corrected chi connectivity index (χ3v) is 3.60. The first-order valence-corrected chi connectivity index (χ1v) is 7.49. The van der Waals surface area contributed by atoms with E-state index in [1.165, 1.54) is 22.9 Å². The molecule has 1 unspecified atom stereocenters. The summed E-state index contributed by atoms with van der Waals surface area (Å²) in [5.41, 5.74) is 2.57. The maximum Gasteiger partial charge on any atom is 0.0457 e. The molecule has 0 aliphatic carbocycles. The number of likely N-dealkylation sites (N-methyl/N-ethyl adjacent to an activating group) is 1. The normalized spacial score (nSPS) is 13.5. The molecule has 20 heavy (non-hydrogen) atoms. The maximum atomic E-state index is 3.72. The molecule has 0 bridgehead atoms. The summed E-state index contributed by atoms with van der Waals surface area (Å²) < 4.78 is 0. The van der Waals surface area contributed by atoms with Gasteiger partial charge in [-0.15, -0.1) is 0 Å². The molecule has 2 N–H and O–H groups in total. The molecular formula is C17H27N3. The van der Waals surface area contributed by atoms with Crippen LogP contribution in [0.4, 0.5) is 0 Å². The molecule has 2 rings (SSSR count). The molecule has 2 aromatic rings. The predicted octanol–water partition coefficient (Wildman–Crippen LogP) is 3.23. The average molecular weight is 273 g/mol.